The number of benzene rings is 1. The number of hydrogen-bond acceptors (Lipinski definition) is 4. The summed E-state index contributed by atoms with van der Waals surface area (Å²) < 4.78 is 10.4. The summed E-state index contributed by atoms with van der Waals surface area (Å²) in [7, 11) is 0. The van der Waals surface area contributed by atoms with Gasteiger partial charge in [-0.05, 0) is 18.1 Å². The Balaban J connectivity index is 1.77. The van der Waals surface area contributed by atoms with Crippen molar-refractivity contribution in [2.75, 3.05) is 18.9 Å². The van der Waals surface area contributed by atoms with Crippen LogP contribution in [0.1, 0.15) is 18.4 Å². The zero-order chi connectivity index (χ0) is 12.1. The number of para-hydroxylation sites is 1. The monoisotopic (exact) mass is 235 g/mol. The minimum absolute atomic E-state index is 0.0596. The van der Waals surface area contributed by atoms with Gasteiger partial charge >= 0.3 is 5.97 Å². The first kappa shape index (κ1) is 11.9. The average molecular weight is 235 g/mol. The lowest BCUT2D eigenvalue weighted by Crippen LogP contribution is -2.18. The Kier molecular flexibility index (Phi) is 3.98. The van der Waals surface area contributed by atoms with E-state index < -0.39 is 0 Å². The number of ether oxygens (including phenoxy) is 2. The number of aryl methyl sites for hydroxylation is 1. The molecule has 0 saturated carbocycles. The van der Waals surface area contributed by atoms with E-state index in [9.17, 15) is 4.79 Å². The van der Waals surface area contributed by atoms with Gasteiger partial charge in [0.15, 0.2) is 0 Å². The molecular formula is C13H17NO3. The molecule has 1 heterocycles. The number of esters is 1. The first-order chi connectivity index (χ1) is 8.25. The summed E-state index contributed by atoms with van der Waals surface area (Å²) in [4.78, 5) is 11.6. The molecule has 4 heteroatoms. The molecule has 1 saturated heterocycles. The summed E-state index contributed by atoms with van der Waals surface area (Å²) in [5, 5.41) is 0. The highest BCUT2D eigenvalue weighted by Gasteiger charge is 2.19. The van der Waals surface area contributed by atoms with Crippen LogP contribution in [0.5, 0.6) is 0 Å². The molecule has 0 aromatic heterocycles. The zero-order valence-corrected chi connectivity index (χ0v) is 9.72. The van der Waals surface area contributed by atoms with Crippen molar-refractivity contribution in [1.29, 1.82) is 0 Å². The summed E-state index contributed by atoms with van der Waals surface area (Å²) in [6, 6.07) is 7.57. The quantitative estimate of drug-likeness (QED) is 0.635. The van der Waals surface area contributed by atoms with Crippen LogP contribution in [0.2, 0.25) is 0 Å². The molecule has 1 atom stereocenters. The molecule has 1 unspecified atom stereocenters. The second-order valence-electron chi connectivity index (χ2n) is 4.17. The lowest BCUT2D eigenvalue weighted by atomic mass is 10.1. The van der Waals surface area contributed by atoms with Gasteiger partial charge in [-0.2, -0.15) is 0 Å². The number of nitrogens with two attached hydrogens (primary N) is 1. The number of anilines is 1. The van der Waals surface area contributed by atoms with Crippen LogP contribution in [0.4, 0.5) is 5.69 Å². The van der Waals surface area contributed by atoms with Crippen molar-refractivity contribution >= 4 is 11.7 Å². The molecule has 4 nitrogen and oxygen atoms in total. The third-order valence-electron chi connectivity index (χ3n) is 2.84. The summed E-state index contributed by atoms with van der Waals surface area (Å²) in [5.41, 5.74) is 7.52. The molecule has 0 spiro atoms. The van der Waals surface area contributed by atoms with E-state index in [0.29, 0.717) is 26.1 Å². The highest BCUT2D eigenvalue weighted by molar-refractivity contribution is 5.70. The van der Waals surface area contributed by atoms with Crippen molar-refractivity contribution in [3.05, 3.63) is 29.8 Å². The van der Waals surface area contributed by atoms with E-state index in [1.165, 1.54) is 0 Å². The molecule has 1 aromatic rings. The Hall–Kier alpha value is -1.55. The normalized spacial score (nSPS) is 19.2. The van der Waals surface area contributed by atoms with E-state index in [-0.39, 0.29) is 12.1 Å². The van der Waals surface area contributed by atoms with E-state index in [4.69, 9.17) is 15.2 Å². The summed E-state index contributed by atoms with van der Waals surface area (Å²) in [5.74, 6) is -0.177. The predicted molar refractivity (Wildman–Crippen MR) is 64.5 cm³/mol. The van der Waals surface area contributed by atoms with Crippen LogP contribution in [0.3, 0.4) is 0 Å². The van der Waals surface area contributed by atoms with Gasteiger partial charge in [-0.25, -0.2) is 0 Å². The Morgan fingerprint density at radius 1 is 1.47 bits per heavy atom. The molecule has 2 N–H and O–H groups in total. The lowest BCUT2D eigenvalue weighted by Gasteiger charge is -2.10. The lowest BCUT2D eigenvalue weighted by molar-refractivity contribution is -0.148. The number of rotatable bonds is 4. The van der Waals surface area contributed by atoms with Crippen LogP contribution >= 0.6 is 0 Å². The highest BCUT2D eigenvalue weighted by Crippen LogP contribution is 2.14. The minimum atomic E-state index is -0.177. The first-order valence-corrected chi connectivity index (χ1v) is 5.86. The van der Waals surface area contributed by atoms with Crippen LogP contribution in [-0.4, -0.2) is 25.3 Å². The fraction of sp³-hybridized carbons (Fsp3) is 0.462. The highest BCUT2D eigenvalue weighted by atomic mass is 16.6. The molecule has 92 valence electrons. The van der Waals surface area contributed by atoms with Gasteiger partial charge in [-0.15, -0.1) is 0 Å². The molecule has 2 rings (SSSR count). The maximum absolute atomic E-state index is 11.6. The van der Waals surface area contributed by atoms with E-state index in [2.05, 4.69) is 0 Å². The van der Waals surface area contributed by atoms with Crippen molar-refractivity contribution in [2.24, 2.45) is 0 Å². The molecule has 1 aromatic carbocycles. The van der Waals surface area contributed by atoms with Crippen molar-refractivity contribution in [3.8, 4) is 0 Å². The van der Waals surface area contributed by atoms with Crippen LogP contribution in [0, 0.1) is 0 Å². The summed E-state index contributed by atoms with van der Waals surface area (Å²) >= 11 is 0. The van der Waals surface area contributed by atoms with Gasteiger partial charge in [-0.1, -0.05) is 18.2 Å². The van der Waals surface area contributed by atoms with Gasteiger partial charge in [0.25, 0.3) is 0 Å². The van der Waals surface area contributed by atoms with Gasteiger partial charge in [0.05, 0.1) is 13.2 Å². The summed E-state index contributed by atoms with van der Waals surface area (Å²) in [6.45, 7) is 1.21. The van der Waals surface area contributed by atoms with Gasteiger partial charge in [0, 0.05) is 18.5 Å². The number of nitrogen functional groups attached to an aromatic ring is 1. The van der Waals surface area contributed by atoms with E-state index >= 15 is 0 Å². The molecule has 0 bridgehead atoms. The summed E-state index contributed by atoms with van der Waals surface area (Å²) in [6.07, 6.45) is 1.74. The fourth-order valence-electron chi connectivity index (χ4n) is 1.85. The van der Waals surface area contributed by atoms with E-state index in [1.807, 2.05) is 24.3 Å². The average Bonchev–Trinajstić information content (AvgIpc) is 2.81. The molecular weight excluding hydrogens is 218 g/mol. The number of carbonyl (C=O) groups excluding carboxylic acids is 1. The Morgan fingerprint density at radius 3 is 3.00 bits per heavy atom. The molecule has 1 fully saturated rings. The van der Waals surface area contributed by atoms with Gasteiger partial charge in [0.2, 0.25) is 0 Å². The molecule has 0 amide bonds. The Morgan fingerprint density at radius 2 is 2.29 bits per heavy atom. The number of carbonyl (C=O) groups is 1. The zero-order valence-electron chi connectivity index (χ0n) is 9.72. The molecule has 0 radical (unpaired) electrons. The fourth-order valence-corrected chi connectivity index (χ4v) is 1.85. The number of hydrogen-bond donors (Lipinski definition) is 1. The molecule has 1 aliphatic heterocycles. The van der Waals surface area contributed by atoms with Crippen LogP contribution in [0.15, 0.2) is 24.3 Å². The third kappa shape index (κ3) is 3.46. The molecule has 0 aliphatic carbocycles. The van der Waals surface area contributed by atoms with E-state index in [1.54, 1.807) is 0 Å². The Bertz CT molecular complexity index is 386. The standard InChI is InChI=1S/C13H17NO3/c14-12-4-2-1-3-10(12)5-6-13(15)17-11-7-8-16-9-11/h1-4,11H,5-9,14H2. The van der Waals surface area contributed by atoms with Crippen LogP contribution < -0.4 is 5.73 Å². The van der Waals surface area contributed by atoms with E-state index in [0.717, 1.165) is 17.7 Å². The van der Waals surface area contributed by atoms with Gasteiger partial charge < -0.3 is 15.2 Å². The van der Waals surface area contributed by atoms with Crippen molar-refractivity contribution in [3.63, 3.8) is 0 Å². The maximum Gasteiger partial charge on any atom is 0.306 e. The van der Waals surface area contributed by atoms with Crippen molar-refractivity contribution in [2.45, 2.75) is 25.4 Å². The third-order valence-corrected chi connectivity index (χ3v) is 2.84. The van der Waals surface area contributed by atoms with Gasteiger partial charge in [0.1, 0.15) is 6.10 Å². The second-order valence-corrected chi connectivity index (χ2v) is 4.17. The molecule has 17 heavy (non-hydrogen) atoms. The largest absolute Gasteiger partial charge is 0.460 e. The topological polar surface area (TPSA) is 61.6 Å². The predicted octanol–water partition coefficient (Wildman–Crippen LogP) is 1.53. The smallest absolute Gasteiger partial charge is 0.306 e. The van der Waals surface area contributed by atoms with Crippen LogP contribution in [-0.2, 0) is 20.7 Å². The SMILES string of the molecule is Nc1ccccc1CCC(=O)OC1CCOC1. The Labute approximate surface area is 101 Å². The minimum Gasteiger partial charge on any atom is -0.460 e. The maximum atomic E-state index is 11.6. The second kappa shape index (κ2) is 5.68. The van der Waals surface area contributed by atoms with Crippen molar-refractivity contribution in [1.82, 2.24) is 0 Å². The molecule has 1 aliphatic rings. The van der Waals surface area contributed by atoms with Crippen LogP contribution in [0.25, 0.3) is 0 Å². The first-order valence-electron chi connectivity index (χ1n) is 5.86. The van der Waals surface area contributed by atoms with Crippen molar-refractivity contribution < 1.29 is 14.3 Å². The van der Waals surface area contributed by atoms with Gasteiger partial charge in [-0.3, -0.25) is 4.79 Å².